The van der Waals surface area contributed by atoms with Gasteiger partial charge in [-0.05, 0) is 36.7 Å². The van der Waals surface area contributed by atoms with Crippen molar-refractivity contribution < 1.29 is 9.53 Å². The molecule has 0 fully saturated rings. The first-order chi connectivity index (χ1) is 10.3. The van der Waals surface area contributed by atoms with Crippen LogP contribution in [0.2, 0.25) is 0 Å². The molecule has 2 rings (SSSR count). The number of hydrogen-bond acceptors (Lipinski definition) is 3. The summed E-state index contributed by atoms with van der Waals surface area (Å²) in [5.41, 5.74) is 8.07. The molecule has 0 aromatic heterocycles. The average Bonchev–Trinajstić information content (AvgIpc) is 2.55. The second-order valence-corrected chi connectivity index (χ2v) is 4.68. The molecule has 0 aliphatic carbocycles. The van der Waals surface area contributed by atoms with Crippen molar-refractivity contribution in [3.63, 3.8) is 0 Å². The van der Waals surface area contributed by atoms with Gasteiger partial charge in [-0.15, -0.1) is 0 Å². The normalized spacial score (nSPS) is 10.2. The van der Waals surface area contributed by atoms with E-state index in [9.17, 15) is 4.79 Å². The lowest BCUT2D eigenvalue weighted by Gasteiger charge is -2.09. The maximum absolute atomic E-state index is 11.9. The van der Waals surface area contributed by atoms with Crippen molar-refractivity contribution in [1.82, 2.24) is 5.32 Å². The van der Waals surface area contributed by atoms with E-state index in [4.69, 9.17) is 10.5 Å². The molecule has 2 aromatic carbocycles. The van der Waals surface area contributed by atoms with Crippen LogP contribution in [0.3, 0.4) is 0 Å². The Kier molecular flexibility index (Phi) is 5.35. The van der Waals surface area contributed by atoms with Gasteiger partial charge in [-0.2, -0.15) is 0 Å². The highest BCUT2D eigenvalue weighted by molar-refractivity contribution is 5.94. The highest BCUT2D eigenvalue weighted by Crippen LogP contribution is 2.29. The molecule has 0 bridgehead atoms. The number of ether oxygens (including phenoxy) is 1. The van der Waals surface area contributed by atoms with Crippen molar-refractivity contribution in [3.05, 3.63) is 54.1 Å². The third-order valence-electron chi connectivity index (χ3n) is 3.23. The largest absolute Gasteiger partial charge is 0.496 e. The lowest BCUT2D eigenvalue weighted by molar-refractivity contribution is 0.0953. The van der Waals surface area contributed by atoms with Crippen LogP contribution < -0.4 is 15.8 Å². The first-order valence-corrected chi connectivity index (χ1v) is 6.98. The molecule has 1 amide bonds. The Morgan fingerprint density at radius 1 is 1.14 bits per heavy atom. The van der Waals surface area contributed by atoms with Crippen LogP contribution in [-0.2, 0) is 0 Å². The lowest BCUT2D eigenvalue weighted by Crippen LogP contribution is -2.25. The van der Waals surface area contributed by atoms with Crippen molar-refractivity contribution in [2.45, 2.75) is 6.42 Å². The zero-order valence-electron chi connectivity index (χ0n) is 12.1. The Morgan fingerprint density at radius 2 is 1.86 bits per heavy atom. The highest BCUT2D eigenvalue weighted by Gasteiger charge is 2.07. The van der Waals surface area contributed by atoms with Crippen LogP contribution in [0.1, 0.15) is 16.8 Å². The second kappa shape index (κ2) is 7.45. The molecule has 4 heteroatoms. The van der Waals surface area contributed by atoms with Crippen molar-refractivity contribution in [1.29, 1.82) is 0 Å². The summed E-state index contributed by atoms with van der Waals surface area (Å²) in [4.78, 5) is 11.9. The highest BCUT2D eigenvalue weighted by atomic mass is 16.5. The molecular weight excluding hydrogens is 264 g/mol. The minimum atomic E-state index is -0.0740. The monoisotopic (exact) mass is 284 g/mol. The Bertz CT molecular complexity index is 594. The number of para-hydroxylation sites is 1. The van der Waals surface area contributed by atoms with E-state index < -0.39 is 0 Å². The van der Waals surface area contributed by atoms with Gasteiger partial charge in [0.15, 0.2) is 0 Å². The third-order valence-corrected chi connectivity index (χ3v) is 3.23. The number of benzene rings is 2. The van der Waals surface area contributed by atoms with Crippen molar-refractivity contribution >= 4 is 5.91 Å². The van der Waals surface area contributed by atoms with E-state index in [1.807, 2.05) is 48.5 Å². The Hall–Kier alpha value is -2.33. The smallest absolute Gasteiger partial charge is 0.251 e. The van der Waals surface area contributed by atoms with Crippen LogP contribution in [0.25, 0.3) is 11.1 Å². The molecule has 110 valence electrons. The van der Waals surface area contributed by atoms with Crippen LogP contribution in [0.5, 0.6) is 5.75 Å². The summed E-state index contributed by atoms with van der Waals surface area (Å²) < 4.78 is 5.35. The van der Waals surface area contributed by atoms with Gasteiger partial charge in [0.05, 0.1) is 7.11 Å². The maximum atomic E-state index is 11.9. The van der Waals surface area contributed by atoms with Gasteiger partial charge in [0.2, 0.25) is 0 Å². The van der Waals surface area contributed by atoms with Gasteiger partial charge in [0, 0.05) is 17.7 Å². The number of carbonyl (C=O) groups is 1. The van der Waals surface area contributed by atoms with Gasteiger partial charge in [-0.3, -0.25) is 4.79 Å². The van der Waals surface area contributed by atoms with Gasteiger partial charge >= 0.3 is 0 Å². The fourth-order valence-corrected chi connectivity index (χ4v) is 2.09. The SMILES string of the molecule is COc1ccccc1-c1ccc(C(=O)NCCCN)cc1. The zero-order chi connectivity index (χ0) is 15.1. The maximum Gasteiger partial charge on any atom is 0.251 e. The van der Waals surface area contributed by atoms with E-state index in [0.29, 0.717) is 18.7 Å². The van der Waals surface area contributed by atoms with Crippen LogP contribution >= 0.6 is 0 Å². The second-order valence-electron chi connectivity index (χ2n) is 4.68. The van der Waals surface area contributed by atoms with Gasteiger partial charge in [0.25, 0.3) is 5.91 Å². The molecule has 2 aromatic rings. The molecule has 0 atom stereocenters. The summed E-state index contributed by atoms with van der Waals surface area (Å²) in [6.45, 7) is 1.18. The van der Waals surface area contributed by atoms with E-state index in [2.05, 4.69) is 5.32 Å². The van der Waals surface area contributed by atoms with Gasteiger partial charge < -0.3 is 15.8 Å². The molecule has 0 heterocycles. The lowest BCUT2D eigenvalue weighted by atomic mass is 10.0. The van der Waals surface area contributed by atoms with Crippen molar-refractivity contribution in [2.24, 2.45) is 5.73 Å². The number of rotatable bonds is 6. The first-order valence-electron chi connectivity index (χ1n) is 6.98. The summed E-state index contributed by atoms with van der Waals surface area (Å²) in [6.07, 6.45) is 0.783. The molecule has 0 aliphatic rings. The van der Waals surface area contributed by atoms with Gasteiger partial charge in [-0.1, -0.05) is 30.3 Å². The number of nitrogens with one attached hydrogen (secondary N) is 1. The predicted octanol–water partition coefficient (Wildman–Crippen LogP) is 2.44. The molecule has 0 radical (unpaired) electrons. The summed E-state index contributed by atoms with van der Waals surface area (Å²) in [5.74, 6) is 0.743. The summed E-state index contributed by atoms with van der Waals surface area (Å²) >= 11 is 0. The Labute approximate surface area is 124 Å². The molecule has 0 aliphatic heterocycles. The van der Waals surface area contributed by atoms with Crippen molar-refractivity contribution in [3.8, 4) is 16.9 Å². The van der Waals surface area contributed by atoms with Crippen molar-refractivity contribution in [2.75, 3.05) is 20.2 Å². The van der Waals surface area contributed by atoms with Crippen LogP contribution in [0.15, 0.2) is 48.5 Å². The molecule has 0 unspecified atom stereocenters. The minimum absolute atomic E-state index is 0.0740. The number of nitrogens with two attached hydrogens (primary N) is 1. The molecular formula is C17H20N2O2. The van der Waals surface area contributed by atoms with Crippen LogP contribution in [0.4, 0.5) is 0 Å². The number of carbonyl (C=O) groups excluding carboxylic acids is 1. The standard InChI is InChI=1S/C17H20N2O2/c1-21-16-6-3-2-5-15(16)13-7-9-14(10-8-13)17(20)19-12-4-11-18/h2-3,5-10H,4,11-12,18H2,1H3,(H,19,20). The van der Waals surface area contributed by atoms with E-state index >= 15 is 0 Å². The van der Waals surface area contributed by atoms with Gasteiger partial charge in [-0.25, -0.2) is 0 Å². The predicted molar refractivity (Wildman–Crippen MR) is 84.4 cm³/mol. The molecule has 0 spiro atoms. The Morgan fingerprint density at radius 3 is 2.52 bits per heavy atom. The van der Waals surface area contributed by atoms with Crippen LogP contribution in [0, 0.1) is 0 Å². The summed E-state index contributed by atoms with van der Waals surface area (Å²) in [7, 11) is 1.65. The number of hydrogen-bond donors (Lipinski definition) is 2. The summed E-state index contributed by atoms with van der Waals surface area (Å²) in [6, 6.07) is 15.3. The molecule has 4 nitrogen and oxygen atoms in total. The van der Waals surface area contributed by atoms with E-state index in [0.717, 1.165) is 23.3 Å². The fraction of sp³-hybridized carbons (Fsp3) is 0.235. The zero-order valence-corrected chi connectivity index (χ0v) is 12.1. The quantitative estimate of drug-likeness (QED) is 0.801. The van der Waals surface area contributed by atoms with E-state index in [1.165, 1.54) is 0 Å². The van der Waals surface area contributed by atoms with Gasteiger partial charge in [0.1, 0.15) is 5.75 Å². The van der Waals surface area contributed by atoms with Crippen LogP contribution in [-0.4, -0.2) is 26.1 Å². The average molecular weight is 284 g/mol. The fourth-order valence-electron chi connectivity index (χ4n) is 2.09. The number of amides is 1. The molecule has 21 heavy (non-hydrogen) atoms. The first kappa shape index (κ1) is 15.1. The molecule has 3 N–H and O–H groups in total. The third kappa shape index (κ3) is 3.83. The number of methoxy groups -OCH3 is 1. The Balaban J connectivity index is 2.13. The molecule has 0 saturated carbocycles. The molecule has 0 saturated heterocycles. The van der Waals surface area contributed by atoms with E-state index in [1.54, 1.807) is 7.11 Å². The summed E-state index contributed by atoms with van der Waals surface area (Å²) in [5, 5.41) is 2.84. The van der Waals surface area contributed by atoms with E-state index in [-0.39, 0.29) is 5.91 Å². The minimum Gasteiger partial charge on any atom is -0.496 e. The topological polar surface area (TPSA) is 64.3 Å².